The van der Waals surface area contributed by atoms with E-state index in [4.69, 9.17) is 22.1 Å². The molecule has 0 aliphatic heterocycles. The van der Waals surface area contributed by atoms with E-state index in [2.05, 4.69) is 4.72 Å². The Hall–Kier alpha value is -0.470. The molecular weight excluding hydrogens is 332 g/mol. The van der Waals surface area contributed by atoms with E-state index in [9.17, 15) is 8.42 Å². The molecule has 1 atom stereocenters. The van der Waals surface area contributed by atoms with Crippen LogP contribution in [0.25, 0.3) is 0 Å². The Morgan fingerprint density at radius 2 is 2.14 bits per heavy atom. The van der Waals surface area contributed by atoms with Gasteiger partial charge in [-0.1, -0.05) is 11.6 Å². The lowest BCUT2D eigenvalue weighted by molar-refractivity contribution is 0.397. The first kappa shape index (κ1) is 18.6. The van der Waals surface area contributed by atoms with Gasteiger partial charge in [0.25, 0.3) is 0 Å². The zero-order valence-corrected chi connectivity index (χ0v) is 14.7. The average Bonchev–Trinajstić information content (AvgIpc) is 2.43. The summed E-state index contributed by atoms with van der Waals surface area (Å²) in [5, 5.41) is 0.313. The van der Waals surface area contributed by atoms with Gasteiger partial charge < -0.3 is 10.5 Å². The number of thioether (sulfide) groups is 1. The monoisotopic (exact) mass is 352 g/mol. The number of ether oxygens (including phenoxy) is 1. The van der Waals surface area contributed by atoms with Crippen molar-refractivity contribution in [3.05, 3.63) is 22.7 Å². The van der Waals surface area contributed by atoms with E-state index in [1.807, 2.05) is 13.2 Å². The first-order valence-electron chi connectivity index (χ1n) is 6.43. The van der Waals surface area contributed by atoms with Crippen LogP contribution in [0.5, 0.6) is 5.75 Å². The second-order valence-corrected chi connectivity index (χ2v) is 7.71. The normalized spacial score (nSPS) is 13.2. The molecule has 0 saturated heterocycles. The number of halogens is 1. The minimum absolute atomic E-state index is 0.0222. The quantitative estimate of drug-likeness (QED) is 0.749. The van der Waals surface area contributed by atoms with Crippen LogP contribution in [0.1, 0.15) is 18.9 Å². The van der Waals surface area contributed by atoms with Crippen molar-refractivity contribution in [2.45, 2.75) is 30.8 Å². The predicted molar refractivity (Wildman–Crippen MR) is 88.7 cm³/mol. The van der Waals surface area contributed by atoms with Crippen LogP contribution in [0.3, 0.4) is 0 Å². The molecule has 3 N–H and O–H groups in total. The summed E-state index contributed by atoms with van der Waals surface area (Å²) in [6.07, 6.45) is 2.72. The molecule has 0 spiro atoms. The summed E-state index contributed by atoms with van der Waals surface area (Å²) in [6.45, 7) is 1.98. The number of hydrogen-bond donors (Lipinski definition) is 2. The molecule has 8 heteroatoms. The number of sulfonamides is 1. The minimum atomic E-state index is -3.71. The standard InChI is InChI=1S/C13H21ClN2O3S2/c1-9(4-5-20-3)16-21(17,18)12-7-11(14)6-10(8-15)13(12)19-2/h6-7,9,16H,4-5,8,15H2,1-3H3. The van der Waals surface area contributed by atoms with Crippen molar-refractivity contribution in [2.75, 3.05) is 19.1 Å². The fourth-order valence-corrected chi connectivity index (χ4v) is 4.30. The summed E-state index contributed by atoms with van der Waals surface area (Å²) < 4.78 is 32.9. The molecule has 0 bridgehead atoms. The van der Waals surface area contributed by atoms with Crippen LogP contribution in [0, 0.1) is 0 Å². The highest BCUT2D eigenvalue weighted by molar-refractivity contribution is 7.98. The van der Waals surface area contributed by atoms with Crippen molar-refractivity contribution >= 4 is 33.4 Å². The second kappa shape index (κ2) is 8.24. The van der Waals surface area contributed by atoms with Crippen LogP contribution >= 0.6 is 23.4 Å². The van der Waals surface area contributed by atoms with E-state index >= 15 is 0 Å². The van der Waals surface area contributed by atoms with E-state index < -0.39 is 10.0 Å². The maximum atomic E-state index is 12.5. The van der Waals surface area contributed by atoms with Crippen LogP contribution in [-0.2, 0) is 16.6 Å². The topological polar surface area (TPSA) is 81.4 Å². The molecule has 0 radical (unpaired) electrons. The lowest BCUT2D eigenvalue weighted by Crippen LogP contribution is -2.33. The van der Waals surface area contributed by atoms with Gasteiger partial charge in [0.1, 0.15) is 10.6 Å². The van der Waals surface area contributed by atoms with Crippen molar-refractivity contribution in [2.24, 2.45) is 5.73 Å². The molecule has 0 saturated carbocycles. The highest BCUT2D eigenvalue weighted by Crippen LogP contribution is 2.31. The van der Waals surface area contributed by atoms with Crippen molar-refractivity contribution in [1.82, 2.24) is 4.72 Å². The smallest absolute Gasteiger partial charge is 0.244 e. The Morgan fingerprint density at radius 1 is 1.48 bits per heavy atom. The molecule has 1 unspecified atom stereocenters. The fraction of sp³-hybridized carbons (Fsp3) is 0.538. The molecule has 0 aromatic heterocycles. The molecule has 5 nitrogen and oxygen atoms in total. The van der Waals surface area contributed by atoms with Crippen molar-refractivity contribution in [3.8, 4) is 5.75 Å². The van der Waals surface area contributed by atoms with Crippen molar-refractivity contribution in [3.63, 3.8) is 0 Å². The van der Waals surface area contributed by atoms with Gasteiger partial charge >= 0.3 is 0 Å². The maximum Gasteiger partial charge on any atom is 0.244 e. The third-order valence-electron chi connectivity index (χ3n) is 2.92. The molecular formula is C13H21ClN2O3S2. The molecule has 1 aromatic carbocycles. The Balaban J connectivity index is 3.15. The molecule has 21 heavy (non-hydrogen) atoms. The Morgan fingerprint density at radius 3 is 2.67 bits per heavy atom. The van der Waals surface area contributed by atoms with Crippen LogP contribution in [0.4, 0.5) is 0 Å². The van der Waals surface area contributed by atoms with Crippen molar-refractivity contribution < 1.29 is 13.2 Å². The third-order valence-corrected chi connectivity index (χ3v) is 5.38. The van der Waals surface area contributed by atoms with Gasteiger partial charge in [-0.3, -0.25) is 0 Å². The average molecular weight is 353 g/mol. The van der Waals surface area contributed by atoms with Crippen LogP contribution < -0.4 is 15.2 Å². The molecule has 1 rings (SSSR count). The van der Waals surface area contributed by atoms with Gasteiger partial charge in [-0.05, 0) is 37.5 Å². The van der Waals surface area contributed by atoms with E-state index in [1.165, 1.54) is 13.2 Å². The van der Waals surface area contributed by atoms with Gasteiger partial charge in [0.15, 0.2) is 0 Å². The van der Waals surface area contributed by atoms with Crippen LogP contribution in [-0.4, -0.2) is 33.6 Å². The van der Waals surface area contributed by atoms with Gasteiger partial charge in [-0.2, -0.15) is 11.8 Å². The summed E-state index contributed by atoms with van der Waals surface area (Å²) in [5.41, 5.74) is 6.18. The van der Waals surface area contributed by atoms with Gasteiger partial charge in [0.05, 0.1) is 7.11 Å². The lowest BCUT2D eigenvalue weighted by atomic mass is 10.2. The SMILES string of the molecule is COc1c(CN)cc(Cl)cc1S(=O)(=O)NC(C)CCSC. The lowest BCUT2D eigenvalue weighted by Gasteiger charge is -2.17. The second-order valence-electron chi connectivity index (χ2n) is 4.60. The number of hydrogen-bond acceptors (Lipinski definition) is 5. The summed E-state index contributed by atoms with van der Waals surface area (Å²) in [7, 11) is -2.30. The number of benzene rings is 1. The first-order valence-corrected chi connectivity index (χ1v) is 9.69. The highest BCUT2D eigenvalue weighted by Gasteiger charge is 2.24. The van der Waals surface area contributed by atoms with E-state index in [-0.39, 0.29) is 23.2 Å². The number of rotatable bonds is 8. The van der Waals surface area contributed by atoms with Gasteiger partial charge in [-0.25, -0.2) is 13.1 Å². The Kier molecular flexibility index (Phi) is 7.29. The maximum absolute atomic E-state index is 12.5. The van der Waals surface area contributed by atoms with E-state index in [0.717, 1.165) is 12.2 Å². The molecule has 1 aromatic rings. The molecule has 0 aliphatic carbocycles. The fourth-order valence-electron chi connectivity index (χ4n) is 1.89. The summed E-state index contributed by atoms with van der Waals surface area (Å²) in [4.78, 5) is 0.0222. The largest absolute Gasteiger partial charge is 0.495 e. The first-order chi connectivity index (χ1) is 9.85. The molecule has 0 aliphatic rings. The van der Waals surface area contributed by atoms with E-state index in [1.54, 1.807) is 17.8 Å². The number of nitrogens with two attached hydrogens (primary N) is 1. The molecule has 0 fully saturated rings. The minimum Gasteiger partial charge on any atom is -0.495 e. The Labute approximate surface area is 135 Å². The van der Waals surface area contributed by atoms with Gasteiger partial charge in [0.2, 0.25) is 10.0 Å². The number of methoxy groups -OCH3 is 1. The zero-order valence-electron chi connectivity index (χ0n) is 12.3. The summed E-state index contributed by atoms with van der Waals surface area (Å²) in [5.74, 6) is 1.12. The molecule has 0 heterocycles. The van der Waals surface area contributed by atoms with Gasteiger partial charge in [-0.15, -0.1) is 0 Å². The third kappa shape index (κ3) is 5.03. The molecule has 120 valence electrons. The predicted octanol–water partition coefficient (Wildman–Crippen LogP) is 2.23. The number of nitrogens with one attached hydrogen (secondary N) is 1. The highest BCUT2D eigenvalue weighted by atomic mass is 35.5. The van der Waals surface area contributed by atoms with E-state index in [0.29, 0.717) is 10.6 Å². The van der Waals surface area contributed by atoms with Crippen molar-refractivity contribution in [1.29, 1.82) is 0 Å². The zero-order chi connectivity index (χ0) is 16.0. The van der Waals surface area contributed by atoms with Crippen LogP contribution in [0.15, 0.2) is 17.0 Å². The summed E-state index contributed by atoms with van der Waals surface area (Å²) >= 11 is 7.65. The van der Waals surface area contributed by atoms with Gasteiger partial charge in [0, 0.05) is 23.2 Å². The molecule has 0 amide bonds. The Bertz CT molecular complexity index is 579. The summed E-state index contributed by atoms with van der Waals surface area (Å²) in [6, 6.07) is 2.81. The van der Waals surface area contributed by atoms with Crippen LogP contribution in [0.2, 0.25) is 5.02 Å².